The Morgan fingerprint density at radius 3 is 1.46 bits per heavy atom. The lowest BCUT2D eigenvalue weighted by Crippen LogP contribution is -2.41. The third-order valence-electron chi connectivity index (χ3n) is 3.99. The molecule has 0 bridgehead atoms. The Hall–Kier alpha value is -3.14. The minimum absolute atomic E-state index is 0.606. The monoisotopic (exact) mass is 318 g/mol. The van der Waals surface area contributed by atoms with Crippen LogP contribution in [0, 0.1) is 0 Å². The molecule has 0 N–H and O–H groups in total. The third-order valence-corrected chi connectivity index (χ3v) is 3.99. The average Bonchev–Trinajstić information content (AvgIpc) is 2.64. The van der Waals surface area contributed by atoms with Gasteiger partial charge in [-0.2, -0.15) is 9.13 Å². The highest BCUT2D eigenvalue weighted by Crippen LogP contribution is 2.09. The Labute approximate surface area is 140 Å². The summed E-state index contributed by atoms with van der Waals surface area (Å²) < 4.78 is 3.84. The Balaban J connectivity index is 1.94. The smallest absolute Gasteiger partial charge is 0.245 e. The summed E-state index contributed by atoms with van der Waals surface area (Å²) in [5.74, 6) is 0. The number of pyridine rings is 2. The molecule has 0 aliphatic carbocycles. The van der Waals surface area contributed by atoms with Crippen molar-refractivity contribution in [3.8, 4) is 0 Å². The van der Waals surface area contributed by atoms with Crippen LogP contribution in [0.4, 0.5) is 0 Å². The fourth-order valence-electron chi connectivity index (χ4n) is 2.71. The molecular formula is C20H18N2O2+2. The number of aldehydes is 2. The maximum atomic E-state index is 11.2. The molecule has 0 spiro atoms. The number of carbonyl (C=O) groups excluding carboxylic acids is 2. The van der Waals surface area contributed by atoms with Gasteiger partial charge in [-0.05, 0) is 12.1 Å². The number of nitrogens with zero attached hydrogens (tertiary/aromatic N) is 2. The molecule has 0 aliphatic rings. The zero-order valence-electron chi connectivity index (χ0n) is 13.2. The van der Waals surface area contributed by atoms with E-state index in [1.165, 1.54) is 0 Å². The van der Waals surface area contributed by atoms with Gasteiger partial charge in [0.1, 0.15) is 0 Å². The van der Waals surface area contributed by atoms with Crippen LogP contribution in [0.3, 0.4) is 0 Å². The summed E-state index contributed by atoms with van der Waals surface area (Å²) in [5, 5.41) is 0. The molecule has 0 saturated carbocycles. The Kier molecular flexibility index (Phi) is 4.87. The fraction of sp³-hybridized carbons (Fsp3) is 0.100. The molecule has 118 valence electrons. The standard InChI is InChI=1S/C20H18N2O2/c23-15-19-9-3-5-11-21(19)13-17-7-1-2-8-18(17)14-22-12-6-4-10-20(22)16-24/h1-12,15-16H,13-14H2/q+2. The molecule has 0 radical (unpaired) electrons. The van der Waals surface area contributed by atoms with Crippen LogP contribution in [0.15, 0.2) is 73.1 Å². The van der Waals surface area contributed by atoms with Crippen LogP contribution < -0.4 is 9.13 Å². The summed E-state index contributed by atoms with van der Waals surface area (Å²) in [5.41, 5.74) is 3.50. The van der Waals surface area contributed by atoms with Crippen LogP contribution in [-0.2, 0) is 13.1 Å². The average molecular weight is 318 g/mol. The predicted molar refractivity (Wildman–Crippen MR) is 88.7 cm³/mol. The Morgan fingerprint density at radius 1 is 0.625 bits per heavy atom. The molecule has 0 aliphatic heterocycles. The Bertz CT molecular complexity index is 802. The van der Waals surface area contributed by atoms with Crippen molar-refractivity contribution in [3.63, 3.8) is 0 Å². The van der Waals surface area contributed by atoms with E-state index in [9.17, 15) is 9.59 Å². The molecule has 2 heterocycles. The third kappa shape index (κ3) is 3.43. The summed E-state index contributed by atoms with van der Waals surface area (Å²) in [6.07, 6.45) is 5.51. The van der Waals surface area contributed by atoms with Crippen molar-refractivity contribution >= 4 is 12.6 Å². The van der Waals surface area contributed by atoms with Crippen LogP contribution in [0.2, 0.25) is 0 Å². The van der Waals surface area contributed by atoms with Gasteiger partial charge in [-0.3, -0.25) is 9.59 Å². The maximum absolute atomic E-state index is 11.2. The summed E-state index contributed by atoms with van der Waals surface area (Å²) in [4.78, 5) is 22.4. The number of hydrogen-bond donors (Lipinski definition) is 0. The number of rotatable bonds is 6. The molecule has 0 saturated heterocycles. The second-order valence-corrected chi connectivity index (χ2v) is 5.51. The number of benzene rings is 1. The van der Waals surface area contributed by atoms with E-state index in [2.05, 4.69) is 0 Å². The molecule has 0 fully saturated rings. The van der Waals surface area contributed by atoms with Crippen molar-refractivity contribution in [1.82, 2.24) is 0 Å². The summed E-state index contributed by atoms with van der Waals surface area (Å²) in [6, 6.07) is 19.2. The second-order valence-electron chi connectivity index (χ2n) is 5.51. The molecule has 1 aromatic carbocycles. The molecule has 0 amide bonds. The molecule has 24 heavy (non-hydrogen) atoms. The number of carbonyl (C=O) groups is 2. The van der Waals surface area contributed by atoms with Crippen LogP contribution in [0.25, 0.3) is 0 Å². The van der Waals surface area contributed by atoms with Gasteiger partial charge in [0.25, 0.3) is 0 Å². The largest absolute Gasteiger partial charge is 0.291 e. The highest BCUT2D eigenvalue weighted by Gasteiger charge is 2.16. The quantitative estimate of drug-likeness (QED) is 0.515. The van der Waals surface area contributed by atoms with Crippen molar-refractivity contribution < 1.29 is 18.7 Å². The summed E-state index contributed by atoms with van der Waals surface area (Å²) in [6.45, 7) is 1.21. The summed E-state index contributed by atoms with van der Waals surface area (Å²) in [7, 11) is 0. The molecule has 0 unspecified atom stereocenters. The van der Waals surface area contributed by atoms with Gasteiger partial charge in [0.2, 0.25) is 24.0 Å². The van der Waals surface area contributed by atoms with Crippen LogP contribution in [0.5, 0.6) is 0 Å². The molecule has 2 aromatic heterocycles. The maximum Gasteiger partial charge on any atom is 0.245 e. The van der Waals surface area contributed by atoms with E-state index < -0.39 is 0 Å². The van der Waals surface area contributed by atoms with Gasteiger partial charge in [0.15, 0.2) is 25.5 Å². The van der Waals surface area contributed by atoms with E-state index in [4.69, 9.17) is 0 Å². The van der Waals surface area contributed by atoms with Crippen molar-refractivity contribution in [2.24, 2.45) is 0 Å². The first kappa shape index (κ1) is 15.7. The first-order chi connectivity index (χ1) is 11.8. The van der Waals surface area contributed by atoms with Gasteiger partial charge in [-0.1, -0.05) is 24.3 Å². The highest BCUT2D eigenvalue weighted by atomic mass is 16.1. The van der Waals surface area contributed by atoms with Crippen molar-refractivity contribution in [3.05, 3.63) is 95.6 Å². The molecule has 3 rings (SSSR count). The fourth-order valence-corrected chi connectivity index (χ4v) is 2.71. The summed E-state index contributed by atoms with van der Waals surface area (Å²) >= 11 is 0. The van der Waals surface area contributed by atoms with E-state index in [1.807, 2.05) is 70.1 Å². The zero-order chi connectivity index (χ0) is 16.8. The topological polar surface area (TPSA) is 41.9 Å². The minimum Gasteiger partial charge on any atom is -0.291 e. The highest BCUT2D eigenvalue weighted by molar-refractivity contribution is 5.69. The SMILES string of the molecule is O=Cc1cccc[n+]1Cc1ccccc1C[n+]1ccccc1C=O. The van der Waals surface area contributed by atoms with E-state index >= 15 is 0 Å². The molecular weight excluding hydrogens is 300 g/mol. The molecule has 3 aromatic rings. The van der Waals surface area contributed by atoms with Gasteiger partial charge >= 0.3 is 0 Å². The molecule has 4 nitrogen and oxygen atoms in total. The minimum atomic E-state index is 0.606. The van der Waals surface area contributed by atoms with E-state index in [1.54, 1.807) is 12.1 Å². The van der Waals surface area contributed by atoms with Gasteiger partial charge in [-0.15, -0.1) is 0 Å². The van der Waals surface area contributed by atoms with E-state index in [0.29, 0.717) is 24.5 Å². The van der Waals surface area contributed by atoms with Crippen molar-refractivity contribution in [2.45, 2.75) is 13.1 Å². The van der Waals surface area contributed by atoms with Crippen LogP contribution >= 0.6 is 0 Å². The van der Waals surface area contributed by atoms with Crippen LogP contribution in [0.1, 0.15) is 32.1 Å². The van der Waals surface area contributed by atoms with Gasteiger partial charge in [0.05, 0.1) is 0 Å². The number of aromatic nitrogens is 2. The first-order valence-corrected chi connectivity index (χ1v) is 7.76. The van der Waals surface area contributed by atoms with Gasteiger partial charge in [0, 0.05) is 35.4 Å². The molecule has 4 heteroatoms. The lowest BCUT2D eigenvalue weighted by molar-refractivity contribution is -0.694. The first-order valence-electron chi connectivity index (χ1n) is 7.76. The van der Waals surface area contributed by atoms with Crippen LogP contribution in [-0.4, -0.2) is 12.6 Å². The number of hydrogen-bond acceptors (Lipinski definition) is 2. The van der Waals surface area contributed by atoms with Crippen molar-refractivity contribution in [2.75, 3.05) is 0 Å². The molecule has 0 atom stereocenters. The lowest BCUT2D eigenvalue weighted by Gasteiger charge is -2.06. The normalized spacial score (nSPS) is 10.3. The second kappa shape index (κ2) is 7.42. The Morgan fingerprint density at radius 2 is 1.04 bits per heavy atom. The predicted octanol–water partition coefficient (Wildman–Crippen LogP) is 1.98. The van der Waals surface area contributed by atoms with E-state index in [0.717, 1.165) is 23.7 Å². The van der Waals surface area contributed by atoms with Gasteiger partial charge in [-0.25, -0.2) is 0 Å². The zero-order valence-corrected chi connectivity index (χ0v) is 13.2. The lowest BCUT2D eigenvalue weighted by atomic mass is 10.1. The van der Waals surface area contributed by atoms with Gasteiger partial charge < -0.3 is 0 Å². The van der Waals surface area contributed by atoms with E-state index in [-0.39, 0.29) is 0 Å². The van der Waals surface area contributed by atoms with Crippen molar-refractivity contribution in [1.29, 1.82) is 0 Å².